The van der Waals surface area contributed by atoms with Crippen molar-refractivity contribution in [3.8, 4) is 0 Å². The number of rotatable bonds is 2. The molecular weight excluding hydrogens is 226 g/mol. The van der Waals surface area contributed by atoms with E-state index in [9.17, 15) is 13.6 Å². The van der Waals surface area contributed by atoms with Crippen LogP contribution in [0.1, 0.15) is 25.8 Å². The number of fused-ring (bicyclic) bond motifs is 1. The number of benzene rings is 1. The van der Waals surface area contributed by atoms with E-state index < -0.39 is 10.0 Å². The lowest BCUT2D eigenvalue weighted by Crippen LogP contribution is -2.20. The zero-order chi connectivity index (χ0) is 11.9. The fraction of sp³-hybridized carbons (Fsp3) is 0.364. The van der Waals surface area contributed by atoms with Gasteiger partial charge < -0.3 is 5.21 Å². The average molecular weight is 239 g/mol. The summed E-state index contributed by atoms with van der Waals surface area (Å²) < 4.78 is 23.8. The van der Waals surface area contributed by atoms with Gasteiger partial charge in [0.2, 0.25) is 5.71 Å². The minimum Gasteiger partial charge on any atom is -0.607 e. The van der Waals surface area contributed by atoms with E-state index in [4.69, 9.17) is 0 Å². The molecule has 0 aliphatic carbocycles. The van der Waals surface area contributed by atoms with Crippen molar-refractivity contribution in [2.45, 2.75) is 25.2 Å². The molecule has 1 aliphatic heterocycles. The van der Waals surface area contributed by atoms with Crippen LogP contribution in [0.4, 0.5) is 0 Å². The lowest BCUT2D eigenvalue weighted by Gasteiger charge is -2.06. The van der Waals surface area contributed by atoms with Crippen LogP contribution in [-0.2, 0) is 10.0 Å². The van der Waals surface area contributed by atoms with E-state index in [-0.39, 0.29) is 15.0 Å². The van der Waals surface area contributed by atoms with Gasteiger partial charge in [0.15, 0.2) is 0 Å². The van der Waals surface area contributed by atoms with Crippen LogP contribution in [0, 0.1) is 11.1 Å². The molecule has 86 valence electrons. The number of hydrogen-bond acceptors (Lipinski definition) is 3. The summed E-state index contributed by atoms with van der Waals surface area (Å²) in [6.07, 6.45) is 0.734. The highest BCUT2D eigenvalue weighted by Crippen LogP contribution is 2.28. The first-order valence-corrected chi connectivity index (χ1v) is 6.63. The second kappa shape index (κ2) is 3.59. The number of nitrogens with zero attached hydrogens (tertiary/aromatic N) is 1. The minimum atomic E-state index is -3.85. The molecule has 0 amide bonds. The van der Waals surface area contributed by atoms with Gasteiger partial charge in [-0.1, -0.05) is 30.1 Å². The third-order valence-electron chi connectivity index (χ3n) is 2.94. The van der Waals surface area contributed by atoms with Crippen molar-refractivity contribution in [3.63, 3.8) is 0 Å². The number of sulfonamides is 1. The van der Waals surface area contributed by atoms with Crippen LogP contribution >= 0.6 is 0 Å². The molecule has 0 bridgehead atoms. The summed E-state index contributed by atoms with van der Waals surface area (Å²) in [5.41, 5.74) is 0.907. The molecule has 1 aromatic rings. The Hall–Kier alpha value is -1.36. The van der Waals surface area contributed by atoms with Gasteiger partial charge in [0, 0.05) is 5.92 Å². The molecule has 0 aromatic heterocycles. The molecule has 0 spiro atoms. The molecule has 0 saturated heterocycles. The molecule has 1 aromatic carbocycles. The van der Waals surface area contributed by atoms with Gasteiger partial charge in [-0.25, -0.2) is 0 Å². The SMILES string of the molecule is CCC(C)C1=[N+]([O-])S(=O)(=O)c2ccccc21. The summed E-state index contributed by atoms with van der Waals surface area (Å²) in [4.78, 5) is 0.125. The van der Waals surface area contributed by atoms with Crippen LogP contribution in [-0.4, -0.2) is 18.3 Å². The molecule has 0 radical (unpaired) electrons. The zero-order valence-corrected chi connectivity index (χ0v) is 9.99. The Morgan fingerprint density at radius 1 is 1.38 bits per heavy atom. The van der Waals surface area contributed by atoms with Gasteiger partial charge in [-0.2, -0.15) is 8.42 Å². The van der Waals surface area contributed by atoms with Crippen LogP contribution in [0.25, 0.3) is 0 Å². The van der Waals surface area contributed by atoms with E-state index in [1.807, 2.05) is 13.8 Å². The summed E-state index contributed by atoms with van der Waals surface area (Å²) >= 11 is 0. The first-order chi connectivity index (χ1) is 7.50. The van der Waals surface area contributed by atoms with Crippen molar-refractivity contribution < 1.29 is 12.6 Å². The molecule has 4 nitrogen and oxygen atoms in total. The van der Waals surface area contributed by atoms with E-state index in [2.05, 4.69) is 0 Å². The lowest BCUT2D eigenvalue weighted by atomic mass is 9.96. The van der Waals surface area contributed by atoms with Crippen molar-refractivity contribution in [1.82, 2.24) is 0 Å². The summed E-state index contributed by atoms with van der Waals surface area (Å²) in [5, 5.41) is 11.8. The van der Waals surface area contributed by atoms with Crippen LogP contribution in [0.3, 0.4) is 0 Å². The van der Waals surface area contributed by atoms with Crippen molar-refractivity contribution in [2.75, 3.05) is 0 Å². The Bertz CT molecular complexity index is 560. The van der Waals surface area contributed by atoms with E-state index in [0.717, 1.165) is 6.42 Å². The second-order valence-electron chi connectivity index (χ2n) is 3.92. The molecule has 0 saturated carbocycles. The lowest BCUT2D eigenvalue weighted by molar-refractivity contribution is -0.279. The van der Waals surface area contributed by atoms with E-state index >= 15 is 0 Å². The molecule has 1 unspecified atom stereocenters. The summed E-state index contributed by atoms with van der Waals surface area (Å²) in [6.45, 7) is 3.79. The fourth-order valence-corrected chi connectivity index (χ4v) is 3.28. The van der Waals surface area contributed by atoms with Crippen LogP contribution in [0.5, 0.6) is 0 Å². The highest BCUT2D eigenvalue weighted by molar-refractivity contribution is 7.86. The highest BCUT2D eigenvalue weighted by Gasteiger charge is 2.41. The Morgan fingerprint density at radius 2 is 2.00 bits per heavy atom. The zero-order valence-electron chi connectivity index (χ0n) is 9.17. The maximum Gasteiger partial charge on any atom is 0.406 e. The fourth-order valence-electron chi connectivity index (χ4n) is 1.86. The minimum absolute atomic E-state index is 0.0593. The molecule has 1 atom stereocenters. The summed E-state index contributed by atoms with van der Waals surface area (Å²) in [6, 6.07) is 6.54. The standard InChI is InChI=1S/C11H13NO3S/c1-3-8(2)11-9-6-4-5-7-10(9)16(14,15)12(11)13/h4-8H,3H2,1-2H3. The monoisotopic (exact) mass is 239 g/mol. The molecule has 1 heterocycles. The topological polar surface area (TPSA) is 60.2 Å². The van der Waals surface area contributed by atoms with Crippen molar-refractivity contribution in [2.24, 2.45) is 5.92 Å². The van der Waals surface area contributed by atoms with E-state index in [0.29, 0.717) is 11.3 Å². The smallest absolute Gasteiger partial charge is 0.406 e. The van der Waals surface area contributed by atoms with Crippen molar-refractivity contribution in [1.29, 1.82) is 0 Å². The Kier molecular flexibility index (Phi) is 2.50. The third-order valence-corrected chi connectivity index (χ3v) is 4.48. The summed E-state index contributed by atoms with van der Waals surface area (Å²) in [5.74, 6) is -0.0593. The molecular formula is C11H13NO3S. The highest BCUT2D eigenvalue weighted by atomic mass is 32.2. The first-order valence-electron chi connectivity index (χ1n) is 5.18. The molecule has 16 heavy (non-hydrogen) atoms. The average Bonchev–Trinajstić information content (AvgIpc) is 2.48. The van der Waals surface area contributed by atoms with Gasteiger partial charge in [-0.15, -0.1) is 0 Å². The van der Waals surface area contributed by atoms with Gasteiger partial charge in [0.1, 0.15) is 4.90 Å². The maximum atomic E-state index is 11.8. The molecule has 1 aliphatic rings. The molecule has 2 rings (SSSR count). The Labute approximate surface area is 94.9 Å². The van der Waals surface area contributed by atoms with Crippen molar-refractivity contribution in [3.05, 3.63) is 35.0 Å². The second-order valence-corrected chi connectivity index (χ2v) is 5.64. The molecule has 5 heteroatoms. The summed E-state index contributed by atoms with van der Waals surface area (Å²) in [7, 11) is -3.85. The van der Waals surface area contributed by atoms with E-state index in [1.165, 1.54) is 6.07 Å². The molecule has 0 fully saturated rings. The quantitative estimate of drug-likeness (QED) is 0.583. The third kappa shape index (κ3) is 1.35. The predicted molar refractivity (Wildman–Crippen MR) is 60.8 cm³/mol. The molecule has 0 N–H and O–H groups in total. The number of hydrogen-bond donors (Lipinski definition) is 0. The van der Waals surface area contributed by atoms with Crippen LogP contribution in [0.2, 0.25) is 0 Å². The predicted octanol–water partition coefficient (Wildman–Crippen LogP) is 1.73. The maximum absolute atomic E-state index is 11.8. The van der Waals surface area contributed by atoms with Gasteiger partial charge >= 0.3 is 10.0 Å². The first kappa shape index (κ1) is 11.1. The van der Waals surface area contributed by atoms with Crippen molar-refractivity contribution >= 4 is 15.7 Å². The Morgan fingerprint density at radius 3 is 2.62 bits per heavy atom. The van der Waals surface area contributed by atoms with Gasteiger partial charge in [-0.3, -0.25) is 0 Å². The largest absolute Gasteiger partial charge is 0.607 e. The van der Waals surface area contributed by atoms with Gasteiger partial charge in [-0.05, 0) is 18.6 Å². The normalized spacial score (nSPS) is 19.6. The Balaban J connectivity index is 2.75. The van der Waals surface area contributed by atoms with Crippen LogP contribution < -0.4 is 0 Å². The van der Waals surface area contributed by atoms with Crippen LogP contribution in [0.15, 0.2) is 29.2 Å². The van der Waals surface area contributed by atoms with Gasteiger partial charge in [0.05, 0.1) is 5.56 Å². The van der Waals surface area contributed by atoms with E-state index in [1.54, 1.807) is 18.2 Å². The van der Waals surface area contributed by atoms with Gasteiger partial charge in [0.25, 0.3) is 0 Å².